The topological polar surface area (TPSA) is 34.1 Å². The number of hydrogen-bond donors (Lipinski definition) is 1. The van der Waals surface area contributed by atoms with Crippen LogP contribution >= 0.6 is 0 Å². The van der Waals surface area contributed by atoms with E-state index in [0.717, 1.165) is 5.56 Å². The van der Waals surface area contributed by atoms with Gasteiger partial charge in [-0.1, -0.05) is 0 Å². The molecule has 21 heavy (non-hydrogen) atoms. The second kappa shape index (κ2) is 6.63. The molecule has 1 unspecified atom stereocenters. The van der Waals surface area contributed by atoms with Crippen molar-refractivity contribution in [1.29, 1.82) is 0 Å². The lowest BCUT2D eigenvalue weighted by molar-refractivity contribution is 0.397. The summed E-state index contributed by atoms with van der Waals surface area (Å²) < 4.78 is 32.5. The molecule has 0 bridgehead atoms. The first-order chi connectivity index (χ1) is 10.0. The summed E-state index contributed by atoms with van der Waals surface area (Å²) >= 11 is 0. The van der Waals surface area contributed by atoms with Crippen molar-refractivity contribution in [2.75, 3.05) is 7.11 Å². The summed E-state index contributed by atoms with van der Waals surface area (Å²) in [7, 11) is 1.55. The number of methoxy groups -OCH3 is 1. The molecule has 3 nitrogen and oxygen atoms in total. The second-order valence-corrected chi connectivity index (χ2v) is 4.93. The monoisotopic (exact) mass is 292 g/mol. The number of aryl methyl sites for hydroxylation is 1. The van der Waals surface area contributed by atoms with Crippen molar-refractivity contribution in [3.63, 3.8) is 0 Å². The van der Waals surface area contributed by atoms with Gasteiger partial charge in [0, 0.05) is 30.4 Å². The van der Waals surface area contributed by atoms with Crippen molar-refractivity contribution in [2.45, 2.75) is 26.4 Å². The normalized spacial score (nSPS) is 12.2. The molecular weight excluding hydrogens is 274 g/mol. The fraction of sp³-hybridized carbons (Fsp3) is 0.312. The number of pyridine rings is 1. The molecule has 1 atom stereocenters. The molecule has 0 aliphatic rings. The molecule has 1 heterocycles. The highest BCUT2D eigenvalue weighted by Gasteiger charge is 2.13. The van der Waals surface area contributed by atoms with Gasteiger partial charge in [0.15, 0.2) is 0 Å². The van der Waals surface area contributed by atoms with E-state index in [0.29, 0.717) is 23.6 Å². The third-order valence-corrected chi connectivity index (χ3v) is 3.37. The number of halogens is 2. The van der Waals surface area contributed by atoms with Gasteiger partial charge in [-0.25, -0.2) is 13.8 Å². The van der Waals surface area contributed by atoms with Crippen LogP contribution in [0.3, 0.4) is 0 Å². The van der Waals surface area contributed by atoms with E-state index in [1.54, 1.807) is 33.2 Å². The van der Waals surface area contributed by atoms with E-state index in [1.165, 1.54) is 12.1 Å². The van der Waals surface area contributed by atoms with E-state index in [2.05, 4.69) is 10.3 Å². The van der Waals surface area contributed by atoms with Gasteiger partial charge >= 0.3 is 0 Å². The van der Waals surface area contributed by atoms with Crippen LogP contribution in [0.5, 0.6) is 5.88 Å². The number of rotatable bonds is 5. The molecular formula is C16H18F2N2O. The van der Waals surface area contributed by atoms with Crippen LogP contribution in [-0.4, -0.2) is 12.1 Å². The molecule has 0 saturated heterocycles. The fourth-order valence-electron chi connectivity index (χ4n) is 2.05. The van der Waals surface area contributed by atoms with Gasteiger partial charge in [0.1, 0.15) is 11.6 Å². The zero-order valence-electron chi connectivity index (χ0n) is 12.3. The lowest BCUT2D eigenvalue weighted by atomic mass is 10.0. The smallest absolute Gasteiger partial charge is 0.213 e. The number of aromatic nitrogens is 1. The molecule has 0 aliphatic carbocycles. The van der Waals surface area contributed by atoms with Crippen molar-refractivity contribution >= 4 is 0 Å². The van der Waals surface area contributed by atoms with Gasteiger partial charge in [-0.3, -0.25) is 0 Å². The van der Waals surface area contributed by atoms with Crippen LogP contribution in [0.2, 0.25) is 0 Å². The maximum atomic E-state index is 13.9. The molecule has 5 heteroatoms. The third-order valence-electron chi connectivity index (χ3n) is 3.37. The minimum absolute atomic E-state index is 0.306. The number of nitrogens with zero attached hydrogens (tertiary/aromatic N) is 1. The van der Waals surface area contributed by atoms with Crippen molar-refractivity contribution in [3.05, 3.63) is 58.8 Å². The molecule has 1 aromatic heterocycles. The Bertz CT molecular complexity index is 632. The molecule has 1 aromatic carbocycles. The summed E-state index contributed by atoms with van der Waals surface area (Å²) in [5.74, 6) is -0.277. The van der Waals surface area contributed by atoms with E-state index in [4.69, 9.17) is 4.74 Å². The first kappa shape index (κ1) is 15.4. The summed E-state index contributed by atoms with van der Waals surface area (Å²) in [6.07, 6.45) is 1.65. The van der Waals surface area contributed by atoms with Crippen LogP contribution in [0.25, 0.3) is 0 Å². The minimum Gasteiger partial charge on any atom is -0.481 e. The summed E-state index contributed by atoms with van der Waals surface area (Å²) in [6, 6.07) is 5.80. The highest BCUT2D eigenvalue weighted by Crippen LogP contribution is 2.21. The lowest BCUT2D eigenvalue weighted by Crippen LogP contribution is -2.19. The highest BCUT2D eigenvalue weighted by atomic mass is 19.1. The highest BCUT2D eigenvalue weighted by molar-refractivity contribution is 5.28. The molecule has 0 saturated carbocycles. The van der Waals surface area contributed by atoms with Crippen LogP contribution in [-0.2, 0) is 6.54 Å². The largest absolute Gasteiger partial charge is 0.481 e. The number of nitrogens with one attached hydrogen (secondary N) is 1. The van der Waals surface area contributed by atoms with Crippen LogP contribution in [0.1, 0.15) is 29.7 Å². The molecule has 2 aromatic rings. The standard InChI is InChI=1S/C16H18F2N2O/c1-10-6-15(18)13(8-14(10)17)11(2)20-9-12-4-5-19-16(7-12)21-3/h4-8,11,20H,9H2,1-3H3. The maximum Gasteiger partial charge on any atom is 0.213 e. The van der Waals surface area contributed by atoms with Crippen molar-refractivity contribution in [3.8, 4) is 5.88 Å². The predicted molar refractivity (Wildman–Crippen MR) is 77.1 cm³/mol. The van der Waals surface area contributed by atoms with Crippen molar-refractivity contribution in [2.24, 2.45) is 0 Å². The van der Waals surface area contributed by atoms with Gasteiger partial charge in [0.2, 0.25) is 5.88 Å². The van der Waals surface area contributed by atoms with E-state index in [9.17, 15) is 8.78 Å². The molecule has 0 radical (unpaired) electrons. The summed E-state index contributed by atoms with van der Waals surface area (Å²) in [6.45, 7) is 3.85. The molecule has 0 spiro atoms. The summed E-state index contributed by atoms with van der Waals surface area (Å²) in [4.78, 5) is 4.02. The van der Waals surface area contributed by atoms with Gasteiger partial charge in [0.05, 0.1) is 7.11 Å². The van der Waals surface area contributed by atoms with Gasteiger partial charge in [-0.15, -0.1) is 0 Å². The zero-order valence-corrected chi connectivity index (χ0v) is 12.3. The summed E-state index contributed by atoms with van der Waals surface area (Å²) in [5.41, 5.74) is 1.59. The quantitative estimate of drug-likeness (QED) is 0.915. The summed E-state index contributed by atoms with van der Waals surface area (Å²) in [5, 5.41) is 3.16. The molecule has 0 amide bonds. The number of hydrogen-bond acceptors (Lipinski definition) is 3. The van der Waals surface area contributed by atoms with Crippen LogP contribution in [0, 0.1) is 18.6 Å². The molecule has 2 rings (SSSR count). The first-order valence-electron chi connectivity index (χ1n) is 6.69. The Balaban J connectivity index is 2.07. The lowest BCUT2D eigenvalue weighted by Gasteiger charge is -2.16. The number of ether oxygens (including phenoxy) is 1. The van der Waals surface area contributed by atoms with E-state index in [-0.39, 0.29) is 6.04 Å². The van der Waals surface area contributed by atoms with Gasteiger partial charge < -0.3 is 10.1 Å². The molecule has 0 fully saturated rings. The SMILES string of the molecule is COc1cc(CNC(C)c2cc(F)c(C)cc2F)ccn1. The fourth-order valence-corrected chi connectivity index (χ4v) is 2.05. The average Bonchev–Trinajstić information content (AvgIpc) is 2.48. The zero-order chi connectivity index (χ0) is 15.4. The Hall–Kier alpha value is -2.01. The Kier molecular flexibility index (Phi) is 4.85. The van der Waals surface area contributed by atoms with Crippen molar-refractivity contribution in [1.82, 2.24) is 10.3 Å². The van der Waals surface area contributed by atoms with Crippen LogP contribution in [0.4, 0.5) is 8.78 Å². The first-order valence-corrected chi connectivity index (χ1v) is 6.69. The van der Waals surface area contributed by atoms with Crippen LogP contribution < -0.4 is 10.1 Å². The van der Waals surface area contributed by atoms with E-state index < -0.39 is 11.6 Å². The Morgan fingerprint density at radius 1 is 1.24 bits per heavy atom. The van der Waals surface area contributed by atoms with Crippen LogP contribution in [0.15, 0.2) is 30.5 Å². The van der Waals surface area contributed by atoms with E-state index >= 15 is 0 Å². The Labute approximate surface area is 123 Å². The second-order valence-electron chi connectivity index (χ2n) is 4.93. The molecule has 0 aliphatic heterocycles. The number of benzene rings is 1. The Morgan fingerprint density at radius 2 is 2.00 bits per heavy atom. The third kappa shape index (κ3) is 3.76. The van der Waals surface area contributed by atoms with Gasteiger partial charge in [0.25, 0.3) is 0 Å². The average molecular weight is 292 g/mol. The minimum atomic E-state index is -0.402. The van der Waals surface area contributed by atoms with Gasteiger partial charge in [-0.2, -0.15) is 0 Å². The molecule has 1 N–H and O–H groups in total. The molecule has 112 valence electrons. The van der Waals surface area contributed by atoms with E-state index in [1.807, 2.05) is 6.07 Å². The van der Waals surface area contributed by atoms with Crippen molar-refractivity contribution < 1.29 is 13.5 Å². The maximum absolute atomic E-state index is 13.9. The Morgan fingerprint density at radius 3 is 2.71 bits per heavy atom. The van der Waals surface area contributed by atoms with Gasteiger partial charge in [-0.05, 0) is 43.2 Å². The predicted octanol–water partition coefficient (Wildman–Crippen LogP) is 3.53.